The van der Waals surface area contributed by atoms with Crippen LogP contribution in [0.25, 0.3) is 0 Å². The average molecular weight is 485 g/mol. The fourth-order valence-corrected chi connectivity index (χ4v) is 4.40. The third kappa shape index (κ3) is 5.70. The number of aliphatic hydroxyl groups is 8. The molecule has 0 aromatic rings. The van der Waals surface area contributed by atoms with Crippen LogP contribution in [-0.4, -0.2) is 132 Å². The standard InChI is InChI=1S/C18H32N2O11S/c1-5(22)19-7(4-32)18(30)20-10-8(31-9(3-21)13(25)14(10)26)2-6-11(23)15(27)17(29)16(28)12(6)24/h6-17,21,23-29,32H,2-4H2,1H3,(H,19,22)(H,20,30)/t6?,7-,8?,9?,10?,11?,12?,13?,14?,15?,16?,17?/m0/s1. The molecule has 0 radical (unpaired) electrons. The number of carbonyl (C=O) groups excluding carboxylic acids is 2. The van der Waals surface area contributed by atoms with E-state index in [1.54, 1.807) is 0 Å². The second kappa shape index (κ2) is 11.4. The zero-order chi connectivity index (χ0) is 24.3. The first-order valence-electron chi connectivity index (χ1n) is 10.2. The first-order chi connectivity index (χ1) is 14.9. The van der Waals surface area contributed by atoms with Crippen LogP contribution in [0, 0.1) is 5.92 Å². The van der Waals surface area contributed by atoms with Gasteiger partial charge in [-0.2, -0.15) is 12.6 Å². The maximum Gasteiger partial charge on any atom is 0.243 e. The van der Waals surface area contributed by atoms with Crippen molar-refractivity contribution in [2.24, 2.45) is 5.92 Å². The second-order valence-corrected chi connectivity index (χ2v) is 8.56. The molecule has 10 N–H and O–H groups in total. The number of aliphatic hydroxyl groups excluding tert-OH is 8. The minimum Gasteiger partial charge on any atom is -0.394 e. The van der Waals surface area contributed by atoms with Crippen LogP contribution in [0.4, 0.5) is 0 Å². The van der Waals surface area contributed by atoms with Gasteiger partial charge >= 0.3 is 0 Å². The fourth-order valence-electron chi connectivity index (χ4n) is 4.14. The third-order valence-corrected chi connectivity index (χ3v) is 6.36. The van der Waals surface area contributed by atoms with Crippen molar-refractivity contribution in [2.45, 2.75) is 80.4 Å². The Balaban J connectivity index is 2.27. The summed E-state index contributed by atoms with van der Waals surface area (Å²) in [7, 11) is 0. The van der Waals surface area contributed by atoms with Gasteiger partial charge in [-0.05, 0) is 6.42 Å². The van der Waals surface area contributed by atoms with Crippen LogP contribution in [0.5, 0.6) is 0 Å². The summed E-state index contributed by atoms with van der Waals surface area (Å²) in [6.45, 7) is 0.498. The van der Waals surface area contributed by atoms with E-state index < -0.39 is 91.4 Å². The average Bonchev–Trinajstić information content (AvgIpc) is 2.76. The van der Waals surface area contributed by atoms with E-state index in [-0.39, 0.29) is 12.2 Å². The zero-order valence-electron chi connectivity index (χ0n) is 17.3. The maximum absolute atomic E-state index is 12.6. The van der Waals surface area contributed by atoms with Gasteiger partial charge in [0.1, 0.15) is 42.7 Å². The van der Waals surface area contributed by atoms with Gasteiger partial charge in [0.15, 0.2) is 0 Å². The largest absolute Gasteiger partial charge is 0.394 e. The number of carbonyl (C=O) groups is 2. The van der Waals surface area contributed by atoms with Gasteiger partial charge < -0.3 is 56.2 Å². The monoisotopic (exact) mass is 484 g/mol. The van der Waals surface area contributed by atoms with Gasteiger partial charge in [-0.25, -0.2) is 0 Å². The molecule has 2 aliphatic rings. The van der Waals surface area contributed by atoms with Crippen molar-refractivity contribution in [3.63, 3.8) is 0 Å². The molecule has 14 heteroatoms. The van der Waals surface area contributed by atoms with Crippen molar-refractivity contribution in [3.05, 3.63) is 0 Å². The minimum atomic E-state index is -1.80. The molecule has 1 aliphatic carbocycles. The molecule has 1 saturated heterocycles. The number of thiol groups is 1. The van der Waals surface area contributed by atoms with Crippen LogP contribution in [0.2, 0.25) is 0 Å². The van der Waals surface area contributed by atoms with Crippen LogP contribution in [0.1, 0.15) is 13.3 Å². The summed E-state index contributed by atoms with van der Waals surface area (Å²) in [5.41, 5.74) is 0. The van der Waals surface area contributed by atoms with Crippen LogP contribution in [0.3, 0.4) is 0 Å². The first-order valence-corrected chi connectivity index (χ1v) is 10.8. The fraction of sp³-hybridized carbons (Fsp3) is 0.889. The Morgan fingerprint density at radius 1 is 0.875 bits per heavy atom. The van der Waals surface area contributed by atoms with Crippen LogP contribution in [-0.2, 0) is 14.3 Å². The molecule has 2 fully saturated rings. The predicted octanol–water partition coefficient (Wildman–Crippen LogP) is -5.79. The highest BCUT2D eigenvalue weighted by atomic mass is 32.1. The molecule has 13 nitrogen and oxygen atoms in total. The van der Waals surface area contributed by atoms with E-state index >= 15 is 0 Å². The summed E-state index contributed by atoms with van der Waals surface area (Å²) in [6, 6.07) is -2.40. The van der Waals surface area contributed by atoms with E-state index in [4.69, 9.17) is 4.74 Å². The quantitative estimate of drug-likeness (QED) is 0.152. The lowest BCUT2D eigenvalue weighted by atomic mass is 9.74. The molecular formula is C18H32N2O11S. The van der Waals surface area contributed by atoms with Crippen molar-refractivity contribution in [1.82, 2.24) is 10.6 Å². The summed E-state index contributed by atoms with van der Waals surface area (Å²) in [4.78, 5) is 23.9. The number of ether oxygens (including phenoxy) is 1. The molecule has 0 aromatic carbocycles. The number of amides is 2. The van der Waals surface area contributed by atoms with Crippen molar-refractivity contribution in [3.8, 4) is 0 Å². The Kier molecular flexibility index (Phi) is 9.66. The smallest absolute Gasteiger partial charge is 0.243 e. The van der Waals surface area contributed by atoms with Gasteiger partial charge in [-0.1, -0.05) is 0 Å². The number of hydrogen-bond donors (Lipinski definition) is 11. The normalized spacial score (nSPS) is 43.4. The SMILES string of the molecule is CC(=O)N[C@@H](CS)C(=O)NC1C(CC2C(O)C(O)C(O)C(O)C2O)OC(CO)C(O)C1O. The summed E-state index contributed by atoms with van der Waals surface area (Å²) >= 11 is 4.00. The Hall–Kier alpha value is -1.07. The second-order valence-electron chi connectivity index (χ2n) is 8.20. The van der Waals surface area contributed by atoms with Gasteiger partial charge in [0.2, 0.25) is 11.8 Å². The van der Waals surface area contributed by atoms with Gasteiger partial charge in [-0.3, -0.25) is 9.59 Å². The Labute approximate surface area is 189 Å². The summed E-state index contributed by atoms with van der Waals surface area (Å²) in [5, 5.41) is 85.4. The third-order valence-electron chi connectivity index (χ3n) is 6.00. The highest BCUT2D eigenvalue weighted by molar-refractivity contribution is 7.80. The highest BCUT2D eigenvalue weighted by Crippen LogP contribution is 2.34. The van der Waals surface area contributed by atoms with Gasteiger partial charge in [0.05, 0.1) is 31.0 Å². The summed E-state index contributed by atoms with van der Waals surface area (Å²) in [6.07, 6.45) is -14.8. The topological polar surface area (TPSA) is 229 Å². The molecule has 32 heavy (non-hydrogen) atoms. The van der Waals surface area contributed by atoms with Crippen LogP contribution in [0.15, 0.2) is 0 Å². The minimum absolute atomic E-state index is 0.0854. The van der Waals surface area contributed by atoms with E-state index in [0.717, 1.165) is 0 Å². The van der Waals surface area contributed by atoms with Gasteiger partial charge in [-0.15, -0.1) is 0 Å². The molecule has 2 amide bonds. The lowest BCUT2D eigenvalue weighted by Crippen LogP contribution is -2.67. The molecule has 9 unspecified atom stereocenters. The van der Waals surface area contributed by atoms with Crippen LogP contribution < -0.4 is 10.6 Å². The number of hydrogen-bond acceptors (Lipinski definition) is 12. The molecule has 1 saturated carbocycles. The molecule has 2 rings (SSSR count). The van der Waals surface area contributed by atoms with Gasteiger partial charge in [0, 0.05) is 18.6 Å². The molecule has 1 aliphatic heterocycles. The van der Waals surface area contributed by atoms with Crippen molar-refractivity contribution >= 4 is 24.4 Å². The lowest BCUT2D eigenvalue weighted by Gasteiger charge is -2.47. The first kappa shape index (κ1) is 27.2. The Morgan fingerprint density at radius 3 is 1.88 bits per heavy atom. The summed E-state index contributed by atoms with van der Waals surface area (Å²) < 4.78 is 5.59. The number of nitrogens with one attached hydrogen (secondary N) is 2. The van der Waals surface area contributed by atoms with Crippen molar-refractivity contribution in [1.29, 1.82) is 0 Å². The zero-order valence-corrected chi connectivity index (χ0v) is 18.2. The molecule has 0 spiro atoms. The Morgan fingerprint density at radius 2 is 1.41 bits per heavy atom. The summed E-state index contributed by atoms with van der Waals surface area (Å²) in [5.74, 6) is -2.61. The van der Waals surface area contributed by atoms with E-state index in [9.17, 15) is 50.4 Å². The predicted molar refractivity (Wildman–Crippen MR) is 109 cm³/mol. The van der Waals surface area contributed by atoms with E-state index in [2.05, 4.69) is 23.3 Å². The Bertz CT molecular complexity index is 642. The van der Waals surface area contributed by atoms with Crippen LogP contribution >= 0.6 is 12.6 Å². The number of rotatable bonds is 7. The van der Waals surface area contributed by atoms with E-state index in [1.807, 2.05) is 0 Å². The van der Waals surface area contributed by atoms with E-state index in [0.29, 0.717) is 0 Å². The van der Waals surface area contributed by atoms with Crippen molar-refractivity contribution < 1.29 is 55.2 Å². The molecule has 0 aromatic heterocycles. The van der Waals surface area contributed by atoms with Gasteiger partial charge in [0.25, 0.3) is 0 Å². The molecule has 186 valence electrons. The lowest BCUT2D eigenvalue weighted by molar-refractivity contribution is -0.229. The molecule has 10 atom stereocenters. The van der Waals surface area contributed by atoms with E-state index in [1.165, 1.54) is 6.92 Å². The highest BCUT2D eigenvalue weighted by Gasteiger charge is 2.52. The molecule has 1 heterocycles. The maximum atomic E-state index is 12.6. The molecular weight excluding hydrogens is 452 g/mol. The molecule has 0 bridgehead atoms. The van der Waals surface area contributed by atoms with Crippen molar-refractivity contribution in [2.75, 3.05) is 12.4 Å².